The maximum absolute atomic E-state index is 3.36. The summed E-state index contributed by atoms with van der Waals surface area (Å²) in [6.45, 7) is 2.07. The first-order valence-electron chi connectivity index (χ1n) is 2.51. The van der Waals surface area contributed by atoms with Gasteiger partial charge in [0.1, 0.15) is 0 Å². The van der Waals surface area contributed by atoms with E-state index in [1.807, 2.05) is 12.1 Å². The molecule has 0 heterocycles. The molecule has 0 bridgehead atoms. The molecule has 0 atom stereocenters. The Kier molecular flexibility index (Phi) is 4.53. The van der Waals surface area contributed by atoms with Gasteiger partial charge in [-0.1, -0.05) is 33.6 Å². The van der Waals surface area contributed by atoms with E-state index in [0.29, 0.717) is 0 Å². The molecule has 0 unspecified atom stereocenters. The first-order valence-corrected chi connectivity index (χ1v) is 3.30. The quantitative estimate of drug-likeness (QED) is 0.561. The van der Waals surface area contributed by atoms with E-state index in [-0.39, 0.29) is 25.9 Å². The third-order valence-electron chi connectivity index (χ3n) is 0.980. The first kappa shape index (κ1) is 9.47. The first-order chi connectivity index (χ1) is 3.79. The van der Waals surface area contributed by atoms with Crippen molar-refractivity contribution < 1.29 is 2.85 Å². The van der Waals surface area contributed by atoms with Crippen molar-refractivity contribution in [2.24, 2.45) is 0 Å². The van der Waals surface area contributed by atoms with Crippen molar-refractivity contribution in [2.45, 2.75) is 6.92 Å². The van der Waals surface area contributed by atoms with E-state index in [4.69, 9.17) is 0 Å². The van der Waals surface area contributed by atoms with Gasteiger partial charge >= 0.3 is 23.1 Å². The van der Waals surface area contributed by atoms with Gasteiger partial charge in [-0.3, -0.25) is 0 Å². The minimum Gasteiger partial charge on any atom is -1.00 e. The van der Waals surface area contributed by atoms with E-state index in [1.54, 1.807) is 0 Å². The minimum absolute atomic E-state index is 0. The summed E-state index contributed by atoms with van der Waals surface area (Å²) in [6, 6.07) is 8.21. The van der Waals surface area contributed by atoms with E-state index < -0.39 is 0 Å². The number of hydrogen-bond acceptors (Lipinski definition) is 0. The maximum atomic E-state index is 3.36. The molecule has 1 rings (SSSR count). The molecule has 46 valence electrons. The number of hydrogen-bond donors (Lipinski definition) is 0. The molecule has 0 aliphatic carbocycles. The van der Waals surface area contributed by atoms with E-state index in [1.165, 1.54) is 5.56 Å². The van der Waals surface area contributed by atoms with E-state index in [0.717, 1.165) is 4.47 Å². The van der Waals surface area contributed by atoms with Crippen LogP contribution in [0.2, 0.25) is 0 Å². The molecule has 9 heavy (non-hydrogen) atoms. The Morgan fingerprint density at radius 3 is 2.44 bits per heavy atom. The SMILES string of the molecule is Cc1cccc(Br)c1.[H-].[H-].[Mg+2]. The van der Waals surface area contributed by atoms with Gasteiger partial charge in [-0.15, -0.1) is 0 Å². The molecule has 0 spiro atoms. The zero-order chi connectivity index (χ0) is 5.98. The third-order valence-corrected chi connectivity index (χ3v) is 1.47. The van der Waals surface area contributed by atoms with Gasteiger partial charge in [0, 0.05) is 4.47 Å². The zero-order valence-corrected chi connectivity index (χ0v) is 8.39. The molecule has 0 aromatic heterocycles. The Balaban J connectivity index is -0.000000213. The summed E-state index contributed by atoms with van der Waals surface area (Å²) < 4.78 is 1.15. The Labute approximate surface area is 82.9 Å². The van der Waals surface area contributed by atoms with Crippen molar-refractivity contribution in [1.29, 1.82) is 0 Å². The monoisotopic (exact) mass is 196 g/mol. The van der Waals surface area contributed by atoms with Gasteiger partial charge in [0.2, 0.25) is 0 Å². The van der Waals surface area contributed by atoms with Crippen LogP contribution < -0.4 is 0 Å². The Bertz CT molecular complexity index is 176. The maximum Gasteiger partial charge on any atom is 2.00 e. The molecule has 0 aliphatic rings. The Morgan fingerprint density at radius 1 is 1.44 bits per heavy atom. The molecule has 0 saturated heterocycles. The van der Waals surface area contributed by atoms with Crippen LogP contribution in [0.3, 0.4) is 0 Å². The summed E-state index contributed by atoms with van der Waals surface area (Å²) in [4.78, 5) is 0. The van der Waals surface area contributed by atoms with Gasteiger partial charge in [0.25, 0.3) is 0 Å². The van der Waals surface area contributed by atoms with Crippen LogP contribution in [-0.2, 0) is 0 Å². The van der Waals surface area contributed by atoms with Crippen LogP contribution in [0.5, 0.6) is 0 Å². The average molecular weight is 197 g/mol. The normalized spacial score (nSPS) is 8.22. The van der Waals surface area contributed by atoms with Crippen molar-refractivity contribution >= 4 is 39.0 Å². The number of rotatable bonds is 0. The molecule has 2 heteroatoms. The molecule has 0 N–H and O–H groups in total. The van der Waals surface area contributed by atoms with Crippen molar-refractivity contribution in [3.63, 3.8) is 0 Å². The van der Waals surface area contributed by atoms with Crippen LogP contribution in [0.1, 0.15) is 8.42 Å². The molecule has 0 radical (unpaired) electrons. The second-order valence-corrected chi connectivity index (χ2v) is 2.71. The zero-order valence-electron chi connectivity index (χ0n) is 7.39. The minimum atomic E-state index is 0. The molecule has 0 nitrogen and oxygen atoms in total. The van der Waals surface area contributed by atoms with Crippen LogP contribution in [0.25, 0.3) is 0 Å². The van der Waals surface area contributed by atoms with Crippen molar-refractivity contribution in [3.8, 4) is 0 Å². The molecule has 1 aromatic carbocycles. The molecule has 0 saturated carbocycles. The number of halogens is 1. The summed E-state index contributed by atoms with van der Waals surface area (Å²) in [5.41, 5.74) is 1.29. The van der Waals surface area contributed by atoms with Crippen molar-refractivity contribution in [1.82, 2.24) is 0 Å². The van der Waals surface area contributed by atoms with Crippen molar-refractivity contribution in [2.75, 3.05) is 0 Å². The van der Waals surface area contributed by atoms with Gasteiger partial charge in [-0.05, 0) is 19.1 Å². The fraction of sp³-hybridized carbons (Fsp3) is 0.143. The van der Waals surface area contributed by atoms with E-state index in [2.05, 4.69) is 35.0 Å². The second-order valence-electron chi connectivity index (χ2n) is 1.80. The largest absolute Gasteiger partial charge is 2.00 e. The van der Waals surface area contributed by atoms with Gasteiger partial charge < -0.3 is 2.85 Å². The van der Waals surface area contributed by atoms with Crippen LogP contribution in [0.4, 0.5) is 0 Å². The third kappa shape index (κ3) is 3.23. The van der Waals surface area contributed by atoms with E-state index in [9.17, 15) is 0 Å². The molecule has 0 amide bonds. The van der Waals surface area contributed by atoms with Crippen LogP contribution >= 0.6 is 15.9 Å². The Hall–Kier alpha value is 0.466. The second kappa shape index (κ2) is 4.31. The number of aryl methyl sites for hydroxylation is 1. The fourth-order valence-corrected chi connectivity index (χ4v) is 1.12. The smallest absolute Gasteiger partial charge is 1.00 e. The van der Waals surface area contributed by atoms with Crippen LogP contribution in [0.15, 0.2) is 28.7 Å². The summed E-state index contributed by atoms with van der Waals surface area (Å²) in [6.07, 6.45) is 0. The van der Waals surface area contributed by atoms with Gasteiger partial charge in [0.15, 0.2) is 0 Å². The molecule has 0 aliphatic heterocycles. The van der Waals surface area contributed by atoms with E-state index >= 15 is 0 Å². The predicted octanol–water partition coefficient (Wildman–Crippen LogP) is 2.60. The Morgan fingerprint density at radius 2 is 2.11 bits per heavy atom. The van der Waals surface area contributed by atoms with Gasteiger partial charge in [-0.2, -0.15) is 0 Å². The summed E-state index contributed by atoms with van der Waals surface area (Å²) in [7, 11) is 0. The average Bonchev–Trinajstić information content (AvgIpc) is 1.64. The molecular weight excluding hydrogens is 188 g/mol. The molecular formula is C7H9BrMg. The van der Waals surface area contributed by atoms with Gasteiger partial charge in [0.05, 0.1) is 0 Å². The summed E-state index contributed by atoms with van der Waals surface area (Å²) in [5.74, 6) is 0. The predicted molar refractivity (Wildman–Crippen MR) is 46.9 cm³/mol. The van der Waals surface area contributed by atoms with Crippen molar-refractivity contribution in [3.05, 3.63) is 34.3 Å². The van der Waals surface area contributed by atoms with Crippen LogP contribution in [-0.4, -0.2) is 23.1 Å². The molecule has 0 fully saturated rings. The standard InChI is InChI=1S/C7H7Br.Mg.2H/c1-6-3-2-4-7(8)5-6;;;/h2-5H,1H3;;;/q;+2;2*-1. The topological polar surface area (TPSA) is 0 Å². The summed E-state index contributed by atoms with van der Waals surface area (Å²) in [5, 5.41) is 0. The molecule has 1 aromatic rings. The number of benzene rings is 1. The fourth-order valence-electron chi connectivity index (χ4n) is 0.606. The van der Waals surface area contributed by atoms with Crippen LogP contribution in [0, 0.1) is 6.92 Å². The van der Waals surface area contributed by atoms with Gasteiger partial charge in [-0.25, -0.2) is 0 Å². The summed E-state index contributed by atoms with van der Waals surface area (Å²) >= 11 is 3.36.